The van der Waals surface area contributed by atoms with Gasteiger partial charge in [0.05, 0.1) is 22.7 Å². The SMILES string of the molecule is COc1nc(N(C)C)sc1CNC(C)c1sc(C)nc1C. The summed E-state index contributed by atoms with van der Waals surface area (Å²) in [5.41, 5.74) is 1.11. The Labute approximate surface area is 134 Å². The fourth-order valence-electron chi connectivity index (χ4n) is 2.08. The van der Waals surface area contributed by atoms with Gasteiger partial charge in [0.15, 0.2) is 5.13 Å². The van der Waals surface area contributed by atoms with Gasteiger partial charge in [-0.3, -0.25) is 0 Å². The Morgan fingerprint density at radius 1 is 1.24 bits per heavy atom. The maximum Gasteiger partial charge on any atom is 0.230 e. The highest BCUT2D eigenvalue weighted by Gasteiger charge is 2.16. The second-order valence-electron chi connectivity index (χ2n) is 5.11. The van der Waals surface area contributed by atoms with Gasteiger partial charge in [0.25, 0.3) is 0 Å². The number of methoxy groups -OCH3 is 1. The van der Waals surface area contributed by atoms with Crippen molar-refractivity contribution in [1.29, 1.82) is 0 Å². The third-order valence-corrected chi connectivity index (χ3v) is 5.59. The van der Waals surface area contributed by atoms with Gasteiger partial charge in [0, 0.05) is 31.6 Å². The van der Waals surface area contributed by atoms with Crippen LogP contribution in [0.15, 0.2) is 0 Å². The molecule has 0 amide bonds. The Morgan fingerprint density at radius 2 is 1.95 bits per heavy atom. The number of anilines is 1. The van der Waals surface area contributed by atoms with E-state index in [1.807, 2.05) is 25.9 Å². The van der Waals surface area contributed by atoms with Crippen LogP contribution in [-0.2, 0) is 6.54 Å². The minimum Gasteiger partial charge on any atom is -0.480 e. The zero-order valence-electron chi connectivity index (χ0n) is 13.4. The van der Waals surface area contributed by atoms with Crippen molar-refractivity contribution in [2.24, 2.45) is 0 Å². The minimum atomic E-state index is 0.269. The van der Waals surface area contributed by atoms with E-state index >= 15 is 0 Å². The number of rotatable bonds is 6. The largest absolute Gasteiger partial charge is 0.480 e. The maximum atomic E-state index is 5.36. The summed E-state index contributed by atoms with van der Waals surface area (Å²) in [6, 6.07) is 0.269. The van der Waals surface area contributed by atoms with Gasteiger partial charge in [-0.2, -0.15) is 4.98 Å². The lowest BCUT2D eigenvalue weighted by Crippen LogP contribution is -2.17. The smallest absolute Gasteiger partial charge is 0.230 e. The first kappa shape index (κ1) is 16.2. The maximum absolute atomic E-state index is 5.36. The zero-order chi connectivity index (χ0) is 15.6. The van der Waals surface area contributed by atoms with Crippen molar-refractivity contribution in [3.63, 3.8) is 0 Å². The standard InChI is InChI=1S/C14H22N4OS2/c1-8(12-9(2)16-10(3)20-12)15-7-11-13(19-6)17-14(21-11)18(4)5/h8,15H,7H2,1-6H3. The van der Waals surface area contributed by atoms with E-state index < -0.39 is 0 Å². The van der Waals surface area contributed by atoms with E-state index in [1.54, 1.807) is 29.8 Å². The number of hydrogen-bond acceptors (Lipinski definition) is 7. The number of aryl methyl sites for hydroxylation is 2. The molecule has 0 bridgehead atoms. The van der Waals surface area contributed by atoms with Crippen LogP contribution in [0.2, 0.25) is 0 Å². The average Bonchev–Trinajstić information content (AvgIpc) is 2.99. The summed E-state index contributed by atoms with van der Waals surface area (Å²) in [5.74, 6) is 0.709. The van der Waals surface area contributed by atoms with Crippen LogP contribution in [0.3, 0.4) is 0 Å². The summed E-state index contributed by atoms with van der Waals surface area (Å²) in [4.78, 5) is 13.4. The number of thiazole rings is 2. The van der Waals surface area contributed by atoms with Gasteiger partial charge in [-0.15, -0.1) is 11.3 Å². The second kappa shape index (κ2) is 6.72. The molecular weight excluding hydrogens is 304 g/mol. The fourth-order valence-corrected chi connectivity index (χ4v) is 3.93. The molecule has 0 fully saturated rings. The summed E-state index contributed by atoms with van der Waals surface area (Å²) in [5, 5.41) is 5.61. The van der Waals surface area contributed by atoms with Crippen molar-refractivity contribution >= 4 is 27.8 Å². The first-order valence-corrected chi connectivity index (χ1v) is 8.44. The molecule has 0 aliphatic carbocycles. The summed E-state index contributed by atoms with van der Waals surface area (Å²) in [7, 11) is 5.64. The van der Waals surface area contributed by atoms with Gasteiger partial charge < -0.3 is 15.0 Å². The molecule has 0 aromatic carbocycles. The topological polar surface area (TPSA) is 50.3 Å². The van der Waals surface area contributed by atoms with Crippen LogP contribution in [0.25, 0.3) is 0 Å². The lowest BCUT2D eigenvalue weighted by Gasteiger charge is -2.12. The molecule has 0 saturated carbocycles. The molecule has 5 nitrogen and oxygen atoms in total. The summed E-state index contributed by atoms with van der Waals surface area (Å²) in [6.45, 7) is 7.02. The molecule has 1 N–H and O–H groups in total. The Bertz CT molecular complexity index is 606. The lowest BCUT2D eigenvalue weighted by molar-refractivity contribution is 0.393. The summed E-state index contributed by atoms with van der Waals surface area (Å²) < 4.78 is 5.36. The highest BCUT2D eigenvalue weighted by molar-refractivity contribution is 7.15. The van der Waals surface area contributed by atoms with Gasteiger partial charge in [-0.05, 0) is 20.8 Å². The molecule has 0 saturated heterocycles. The van der Waals surface area contributed by atoms with E-state index in [1.165, 1.54) is 4.88 Å². The number of nitrogens with zero attached hydrogens (tertiary/aromatic N) is 3. The van der Waals surface area contributed by atoms with E-state index in [4.69, 9.17) is 4.74 Å². The molecule has 0 radical (unpaired) electrons. The normalized spacial score (nSPS) is 12.5. The molecule has 116 valence electrons. The van der Waals surface area contributed by atoms with Crippen molar-refractivity contribution in [3.05, 3.63) is 20.5 Å². The highest BCUT2D eigenvalue weighted by atomic mass is 32.1. The second-order valence-corrected chi connectivity index (χ2v) is 7.41. The molecule has 0 aliphatic heterocycles. The molecule has 0 aliphatic rings. The van der Waals surface area contributed by atoms with E-state index in [0.29, 0.717) is 5.88 Å². The monoisotopic (exact) mass is 326 g/mol. The van der Waals surface area contributed by atoms with Crippen LogP contribution >= 0.6 is 22.7 Å². The predicted molar refractivity (Wildman–Crippen MR) is 89.8 cm³/mol. The van der Waals surface area contributed by atoms with E-state index in [2.05, 4.69) is 29.1 Å². The third kappa shape index (κ3) is 3.72. The highest BCUT2D eigenvalue weighted by Crippen LogP contribution is 2.31. The first-order valence-electron chi connectivity index (χ1n) is 6.80. The molecule has 2 aromatic heterocycles. The predicted octanol–water partition coefficient (Wildman–Crippen LogP) is 3.14. The van der Waals surface area contributed by atoms with Gasteiger partial charge in [-0.25, -0.2) is 4.98 Å². The average molecular weight is 326 g/mol. The van der Waals surface area contributed by atoms with Crippen molar-refractivity contribution in [2.45, 2.75) is 33.4 Å². The number of nitrogens with one attached hydrogen (secondary N) is 1. The fraction of sp³-hybridized carbons (Fsp3) is 0.571. The van der Waals surface area contributed by atoms with Crippen molar-refractivity contribution in [1.82, 2.24) is 15.3 Å². The summed E-state index contributed by atoms with van der Waals surface area (Å²) >= 11 is 3.41. The lowest BCUT2D eigenvalue weighted by atomic mass is 10.2. The number of aromatic nitrogens is 2. The molecule has 2 rings (SSSR count). The van der Waals surface area contributed by atoms with Crippen LogP contribution in [0.4, 0.5) is 5.13 Å². The van der Waals surface area contributed by atoms with Crippen LogP contribution in [0, 0.1) is 13.8 Å². The quantitative estimate of drug-likeness (QED) is 0.884. The van der Waals surface area contributed by atoms with Crippen molar-refractivity contribution < 1.29 is 4.74 Å². The molecule has 0 spiro atoms. The van der Waals surface area contributed by atoms with Crippen LogP contribution in [0.5, 0.6) is 5.88 Å². The number of ether oxygens (including phenoxy) is 1. The Kier molecular flexibility index (Phi) is 5.18. The Hall–Kier alpha value is -1.18. The minimum absolute atomic E-state index is 0.269. The van der Waals surface area contributed by atoms with Crippen LogP contribution < -0.4 is 15.0 Å². The van der Waals surface area contributed by atoms with Gasteiger partial charge in [-0.1, -0.05) is 11.3 Å². The molecule has 2 heterocycles. The van der Waals surface area contributed by atoms with Crippen LogP contribution in [0.1, 0.15) is 33.4 Å². The molecule has 21 heavy (non-hydrogen) atoms. The molecule has 7 heteroatoms. The molecule has 1 atom stereocenters. The Balaban J connectivity index is 2.07. The summed E-state index contributed by atoms with van der Waals surface area (Å²) in [6.07, 6.45) is 0. The Morgan fingerprint density at radius 3 is 2.48 bits per heavy atom. The van der Waals surface area contributed by atoms with Gasteiger partial charge in [0.2, 0.25) is 5.88 Å². The number of hydrogen-bond donors (Lipinski definition) is 1. The third-order valence-electron chi connectivity index (χ3n) is 3.13. The van der Waals surface area contributed by atoms with Gasteiger partial charge in [0.1, 0.15) is 0 Å². The molecular formula is C14H22N4OS2. The van der Waals surface area contributed by atoms with E-state index in [0.717, 1.165) is 27.3 Å². The van der Waals surface area contributed by atoms with Crippen molar-refractivity contribution in [3.8, 4) is 5.88 Å². The molecule has 2 aromatic rings. The van der Waals surface area contributed by atoms with Crippen LogP contribution in [-0.4, -0.2) is 31.2 Å². The zero-order valence-corrected chi connectivity index (χ0v) is 15.0. The van der Waals surface area contributed by atoms with E-state index in [9.17, 15) is 0 Å². The van der Waals surface area contributed by atoms with E-state index in [-0.39, 0.29) is 6.04 Å². The van der Waals surface area contributed by atoms with Crippen molar-refractivity contribution in [2.75, 3.05) is 26.1 Å². The van der Waals surface area contributed by atoms with Gasteiger partial charge >= 0.3 is 0 Å². The molecule has 1 unspecified atom stereocenters. The first-order chi connectivity index (χ1) is 9.92.